The molecule has 2 aromatic carbocycles. The van der Waals surface area contributed by atoms with Gasteiger partial charge in [-0.3, -0.25) is 14.3 Å². The van der Waals surface area contributed by atoms with E-state index >= 15 is 0 Å². The van der Waals surface area contributed by atoms with E-state index in [9.17, 15) is 18.0 Å². The average Bonchev–Trinajstić information content (AvgIpc) is 2.83. The molecule has 9 heteroatoms. The van der Waals surface area contributed by atoms with E-state index in [0.29, 0.717) is 36.9 Å². The summed E-state index contributed by atoms with van der Waals surface area (Å²) in [6.45, 7) is 5.77. The second-order valence-electron chi connectivity index (χ2n) is 8.93. The van der Waals surface area contributed by atoms with Gasteiger partial charge in [-0.1, -0.05) is 26.0 Å². The highest BCUT2D eigenvalue weighted by Crippen LogP contribution is 2.23. The maximum absolute atomic E-state index is 13.1. The zero-order valence-electron chi connectivity index (χ0n) is 19.9. The van der Waals surface area contributed by atoms with Gasteiger partial charge in [0.15, 0.2) is 0 Å². The van der Waals surface area contributed by atoms with E-state index < -0.39 is 10.0 Å². The van der Waals surface area contributed by atoms with Gasteiger partial charge in [0.05, 0.1) is 17.9 Å². The van der Waals surface area contributed by atoms with Gasteiger partial charge < -0.3 is 15.0 Å². The zero-order valence-corrected chi connectivity index (χ0v) is 20.7. The van der Waals surface area contributed by atoms with Gasteiger partial charge in [-0.05, 0) is 55.5 Å². The molecule has 0 aliphatic carbocycles. The predicted molar refractivity (Wildman–Crippen MR) is 131 cm³/mol. The lowest BCUT2D eigenvalue weighted by Crippen LogP contribution is -2.45. The fourth-order valence-corrected chi connectivity index (χ4v) is 4.97. The number of likely N-dealkylation sites (tertiary alicyclic amines) is 1. The Morgan fingerprint density at radius 3 is 2.65 bits per heavy atom. The lowest BCUT2D eigenvalue weighted by Gasteiger charge is -2.32. The Kier molecular flexibility index (Phi) is 8.55. The number of hydrogen-bond acceptors (Lipinski definition) is 5. The zero-order chi connectivity index (χ0) is 24.7. The standard InChI is InChI=1S/C25H33N3O5S/c1-18(2)12-13-26-24(29)20-8-6-14-28(17-20)25(30)19-7-4-9-21(15-19)27-34(31,32)23-11-5-10-22(16-23)33-3/h4-5,7,9-11,15-16,18,20,27H,6,8,12-14,17H2,1-3H3,(H,26,29). The van der Waals surface area contributed by atoms with Crippen LogP contribution < -0.4 is 14.8 Å². The molecule has 1 atom stereocenters. The number of hydrogen-bond donors (Lipinski definition) is 2. The fraction of sp³-hybridized carbons (Fsp3) is 0.440. The van der Waals surface area contributed by atoms with E-state index in [1.807, 2.05) is 0 Å². The molecule has 3 rings (SSSR count). The molecule has 0 aromatic heterocycles. The molecule has 8 nitrogen and oxygen atoms in total. The minimum atomic E-state index is -3.86. The van der Waals surface area contributed by atoms with E-state index in [1.54, 1.807) is 35.2 Å². The highest BCUT2D eigenvalue weighted by atomic mass is 32.2. The van der Waals surface area contributed by atoms with Crippen molar-refractivity contribution in [2.45, 2.75) is 38.0 Å². The summed E-state index contributed by atoms with van der Waals surface area (Å²) >= 11 is 0. The van der Waals surface area contributed by atoms with Crippen LogP contribution in [-0.2, 0) is 14.8 Å². The maximum atomic E-state index is 13.1. The molecule has 2 N–H and O–H groups in total. The van der Waals surface area contributed by atoms with E-state index in [0.717, 1.165) is 19.3 Å². The van der Waals surface area contributed by atoms with Crippen LogP contribution in [0.15, 0.2) is 53.4 Å². The smallest absolute Gasteiger partial charge is 0.262 e. The second-order valence-corrected chi connectivity index (χ2v) is 10.6. The van der Waals surface area contributed by atoms with Gasteiger partial charge in [-0.2, -0.15) is 0 Å². The molecule has 2 amide bonds. The summed E-state index contributed by atoms with van der Waals surface area (Å²) < 4.78 is 33.2. The van der Waals surface area contributed by atoms with Gasteiger partial charge in [-0.25, -0.2) is 8.42 Å². The van der Waals surface area contributed by atoms with Crippen LogP contribution in [0.1, 0.15) is 43.5 Å². The molecule has 1 fully saturated rings. The van der Waals surface area contributed by atoms with Crippen molar-refractivity contribution >= 4 is 27.5 Å². The molecule has 184 valence electrons. The highest BCUT2D eigenvalue weighted by Gasteiger charge is 2.29. The first-order valence-corrected chi connectivity index (χ1v) is 13.0. The third-order valence-electron chi connectivity index (χ3n) is 5.81. The van der Waals surface area contributed by atoms with Crippen molar-refractivity contribution in [3.05, 3.63) is 54.1 Å². The Morgan fingerprint density at radius 1 is 1.15 bits per heavy atom. The molecule has 1 unspecified atom stereocenters. The average molecular weight is 488 g/mol. The van der Waals surface area contributed by atoms with Gasteiger partial charge in [0, 0.05) is 37.0 Å². The van der Waals surface area contributed by atoms with Crippen molar-refractivity contribution in [1.82, 2.24) is 10.2 Å². The van der Waals surface area contributed by atoms with Crippen molar-refractivity contribution in [3.8, 4) is 5.75 Å². The van der Waals surface area contributed by atoms with Crippen LogP contribution in [0.5, 0.6) is 5.75 Å². The van der Waals surface area contributed by atoms with Crippen LogP contribution in [0.3, 0.4) is 0 Å². The number of benzene rings is 2. The highest BCUT2D eigenvalue weighted by molar-refractivity contribution is 7.92. The van der Waals surface area contributed by atoms with Crippen molar-refractivity contribution in [2.75, 3.05) is 31.5 Å². The third-order valence-corrected chi connectivity index (χ3v) is 7.19. The maximum Gasteiger partial charge on any atom is 0.262 e. The lowest BCUT2D eigenvalue weighted by atomic mass is 9.96. The molecule has 2 aromatic rings. The minimum Gasteiger partial charge on any atom is -0.497 e. The van der Waals surface area contributed by atoms with Crippen molar-refractivity contribution in [1.29, 1.82) is 0 Å². The minimum absolute atomic E-state index is 0.0158. The predicted octanol–water partition coefficient (Wildman–Crippen LogP) is 3.51. The molecule has 0 bridgehead atoms. The molecule has 0 radical (unpaired) electrons. The number of carbonyl (C=O) groups is 2. The molecule has 0 spiro atoms. The molecular formula is C25H33N3O5S. The summed E-state index contributed by atoms with van der Waals surface area (Å²) in [6.07, 6.45) is 2.41. The normalized spacial score (nSPS) is 16.2. The Hall–Kier alpha value is -3.07. The monoisotopic (exact) mass is 487 g/mol. The number of sulfonamides is 1. The number of anilines is 1. The summed E-state index contributed by atoms with van der Waals surface area (Å²) in [7, 11) is -2.39. The molecule has 1 aliphatic heterocycles. The Labute approximate surface area is 201 Å². The Bertz CT molecular complexity index is 1120. The van der Waals surface area contributed by atoms with E-state index in [1.165, 1.54) is 25.3 Å². The first-order valence-electron chi connectivity index (χ1n) is 11.5. The van der Waals surface area contributed by atoms with Crippen LogP contribution in [0.4, 0.5) is 5.69 Å². The van der Waals surface area contributed by atoms with Gasteiger partial charge in [-0.15, -0.1) is 0 Å². The van der Waals surface area contributed by atoms with E-state index in [2.05, 4.69) is 23.9 Å². The number of piperidine rings is 1. The molecule has 34 heavy (non-hydrogen) atoms. The number of carbonyl (C=O) groups excluding carboxylic acids is 2. The molecular weight excluding hydrogens is 454 g/mol. The first-order chi connectivity index (χ1) is 16.2. The van der Waals surface area contributed by atoms with Crippen LogP contribution in [-0.4, -0.2) is 51.9 Å². The van der Waals surface area contributed by atoms with Crippen LogP contribution in [0.2, 0.25) is 0 Å². The molecule has 0 saturated carbocycles. The Morgan fingerprint density at radius 2 is 1.91 bits per heavy atom. The number of amides is 2. The van der Waals surface area contributed by atoms with Crippen molar-refractivity contribution < 1.29 is 22.7 Å². The topological polar surface area (TPSA) is 105 Å². The number of nitrogens with one attached hydrogen (secondary N) is 2. The number of ether oxygens (including phenoxy) is 1. The second kappa shape index (κ2) is 11.4. The summed E-state index contributed by atoms with van der Waals surface area (Å²) in [5.41, 5.74) is 0.653. The van der Waals surface area contributed by atoms with Gasteiger partial charge >= 0.3 is 0 Å². The van der Waals surface area contributed by atoms with Gasteiger partial charge in [0.1, 0.15) is 5.75 Å². The summed E-state index contributed by atoms with van der Waals surface area (Å²) in [5, 5.41) is 2.98. The molecule has 1 aliphatic rings. The van der Waals surface area contributed by atoms with Crippen molar-refractivity contribution in [3.63, 3.8) is 0 Å². The Balaban J connectivity index is 1.67. The van der Waals surface area contributed by atoms with Crippen molar-refractivity contribution in [2.24, 2.45) is 11.8 Å². The van der Waals surface area contributed by atoms with Crippen LogP contribution in [0.25, 0.3) is 0 Å². The first kappa shape index (κ1) is 25.6. The summed E-state index contributed by atoms with van der Waals surface area (Å²) in [6, 6.07) is 12.6. The molecule has 1 saturated heterocycles. The van der Waals surface area contributed by atoms with Crippen LogP contribution in [0, 0.1) is 11.8 Å². The number of rotatable bonds is 9. The summed E-state index contributed by atoms with van der Waals surface area (Å²) in [5.74, 6) is 0.470. The van der Waals surface area contributed by atoms with Crippen LogP contribution >= 0.6 is 0 Å². The quantitative estimate of drug-likeness (QED) is 0.563. The van der Waals surface area contributed by atoms with Gasteiger partial charge in [0.25, 0.3) is 15.9 Å². The van der Waals surface area contributed by atoms with Gasteiger partial charge in [0.2, 0.25) is 5.91 Å². The number of nitrogens with zero attached hydrogens (tertiary/aromatic N) is 1. The number of methoxy groups -OCH3 is 1. The fourth-order valence-electron chi connectivity index (χ4n) is 3.88. The summed E-state index contributed by atoms with van der Waals surface area (Å²) in [4.78, 5) is 27.4. The largest absolute Gasteiger partial charge is 0.497 e. The lowest BCUT2D eigenvalue weighted by molar-refractivity contribution is -0.126. The van der Waals surface area contributed by atoms with E-state index in [4.69, 9.17) is 4.74 Å². The SMILES string of the molecule is COc1cccc(S(=O)(=O)Nc2cccc(C(=O)N3CCCC(C(=O)NCCC(C)C)C3)c2)c1. The van der Waals surface area contributed by atoms with E-state index in [-0.39, 0.29) is 28.3 Å². The molecule has 1 heterocycles. The third kappa shape index (κ3) is 6.72.